The summed E-state index contributed by atoms with van der Waals surface area (Å²) in [5, 5.41) is 12.5. The molecule has 22 heavy (non-hydrogen) atoms. The van der Waals surface area contributed by atoms with Gasteiger partial charge in [-0.05, 0) is 49.3 Å². The van der Waals surface area contributed by atoms with E-state index in [1.807, 2.05) is 14.1 Å². The number of nitrogens with zero attached hydrogens (tertiary/aromatic N) is 1. The molecule has 0 radical (unpaired) electrons. The molecule has 2 aliphatic rings. The highest BCUT2D eigenvalue weighted by atomic mass is 19.1. The predicted octanol–water partition coefficient (Wildman–Crippen LogP) is 2.03. The fraction of sp³-hybridized carbons (Fsp3) is 0.588. The highest BCUT2D eigenvalue weighted by Crippen LogP contribution is 2.48. The van der Waals surface area contributed by atoms with Crippen molar-refractivity contribution in [1.82, 2.24) is 5.32 Å². The number of anilines is 1. The molecule has 0 aromatic heterocycles. The Morgan fingerprint density at radius 1 is 1.36 bits per heavy atom. The second-order valence-electron chi connectivity index (χ2n) is 6.74. The van der Waals surface area contributed by atoms with Crippen molar-refractivity contribution in [2.24, 2.45) is 17.8 Å². The van der Waals surface area contributed by atoms with Gasteiger partial charge in [0, 0.05) is 38.3 Å². The van der Waals surface area contributed by atoms with Crippen LogP contribution in [0.25, 0.3) is 0 Å². The summed E-state index contributed by atoms with van der Waals surface area (Å²) in [6, 6.07) is 4.62. The van der Waals surface area contributed by atoms with Gasteiger partial charge >= 0.3 is 0 Å². The second-order valence-corrected chi connectivity index (χ2v) is 6.74. The largest absolute Gasteiger partial charge is 0.396 e. The lowest BCUT2D eigenvalue weighted by Crippen LogP contribution is -2.45. The highest BCUT2D eigenvalue weighted by Gasteiger charge is 2.47. The van der Waals surface area contributed by atoms with E-state index in [2.05, 4.69) is 5.32 Å². The molecule has 5 heteroatoms. The highest BCUT2D eigenvalue weighted by molar-refractivity contribution is 5.95. The van der Waals surface area contributed by atoms with Gasteiger partial charge in [-0.2, -0.15) is 0 Å². The van der Waals surface area contributed by atoms with Crippen LogP contribution < -0.4 is 10.2 Å². The van der Waals surface area contributed by atoms with E-state index in [0.29, 0.717) is 11.8 Å². The van der Waals surface area contributed by atoms with Crippen LogP contribution in [0.4, 0.5) is 10.1 Å². The zero-order chi connectivity index (χ0) is 15.9. The van der Waals surface area contributed by atoms with Crippen molar-refractivity contribution in [1.29, 1.82) is 0 Å². The van der Waals surface area contributed by atoms with E-state index in [9.17, 15) is 14.3 Å². The average Bonchev–Trinajstić information content (AvgIpc) is 3.07. The van der Waals surface area contributed by atoms with E-state index in [-0.39, 0.29) is 30.0 Å². The van der Waals surface area contributed by atoms with Crippen LogP contribution in [0.5, 0.6) is 0 Å². The fourth-order valence-electron chi connectivity index (χ4n) is 4.09. The summed E-state index contributed by atoms with van der Waals surface area (Å²) in [5.41, 5.74) is 0.798. The van der Waals surface area contributed by atoms with Crippen LogP contribution in [0.15, 0.2) is 18.2 Å². The minimum atomic E-state index is -0.507. The van der Waals surface area contributed by atoms with Crippen LogP contribution in [0.1, 0.15) is 29.6 Å². The first-order valence-corrected chi connectivity index (χ1v) is 7.90. The van der Waals surface area contributed by atoms with Gasteiger partial charge in [0.05, 0.1) is 5.56 Å². The van der Waals surface area contributed by atoms with Gasteiger partial charge in [0.1, 0.15) is 5.82 Å². The quantitative estimate of drug-likeness (QED) is 0.895. The molecule has 4 nitrogen and oxygen atoms in total. The number of fused-ring (bicyclic) bond motifs is 2. The van der Waals surface area contributed by atoms with Crippen LogP contribution in [-0.2, 0) is 0 Å². The minimum absolute atomic E-state index is 0.0239. The van der Waals surface area contributed by atoms with Crippen LogP contribution in [0, 0.1) is 23.6 Å². The smallest absolute Gasteiger partial charge is 0.254 e. The third-order valence-electron chi connectivity index (χ3n) is 5.31. The molecule has 2 N–H and O–H groups in total. The average molecular weight is 306 g/mol. The summed E-state index contributed by atoms with van der Waals surface area (Å²) in [4.78, 5) is 14.2. The number of aliphatic hydroxyl groups excluding tert-OH is 1. The summed E-state index contributed by atoms with van der Waals surface area (Å²) in [7, 11) is 3.66. The van der Waals surface area contributed by atoms with Crippen molar-refractivity contribution >= 4 is 11.6 Å². The third-order valence-corrected chi connectivity index (χ3v) is 5.31. The zero-order valence-electron chi connectivity index (χ0n) is 13.1. The van der Waals surface area contributed by atoms with E-state index in [0.717, 1.165) is 24.9 Å². The zero-order valence-corrected chi connectivity index (χ0v) is 13.1. The molecular weight excluding hydrogens is 283 g/mol. The van der Waals surface area contributed by atoms with Gasteiger partial charge in [-0.3, -0.25) is 4.79 Å². The maximum absolute atomic E-state index is 14.2. The topological polar surface area (TPSA) is 52.6 Å². The molecule has 2 aliphatic carbocycles. The summed E-state index contributed by atoms with van der Waals surface area (Å²) < 4.78 is 14.2. The molecule has 0 aliphatic heterocycles. The molecule has 2 fully saturated rings. The monoisotopic (exact) mass is 306 g/mol. The van der Waals surface area contributed by atoms with Crippen molar-refractivity contribution in [3.63, 3.8) is 0 Å². The van der Waals surface area contributed by atoms with Crippen LogP contribution in [0.2, 0.25) is 0 Å². The lowest BCUT2D eigenvalue weighted by atomic mass is 9.85. The fourth-order valence-corrected chi connectivity index (χ4v) is 4.09. The normalized spacial score (nSPS) is 29.6. The van der Waals surface area contributed by atoms with E-state index < -0.39 is 5.82 Å². The van der Waals surface area contributed by atoms with E-state index in [1.54, 1.807) is 11.0 Å². The van der Waals surface area contributed by atoms with E-state index >= 15 is 0 Å². The number of rotatable bonds is 4. The van der Waals surface area contributed by atoms with Gasteiger partial charge in [0.25, 0.3) is 5.91 Å². The van der Waals surface area contributed by atoms with Gasteiger partial charge in [-0.15, -0.1) is 0 Å². The summed E-state index contributed by atoms with van der Waals surface area (Å²) in [5.74, 6) is 0.162. The lowest BCUT2D eigenvalue weighted by molar-refractivity contribution is 0.0857. The Bertz CT molecular complexity index is 576. The SMILES string of the molecule is CN(C)c1ccc(C(=O)N[C@H]2[C@@H]3CC[C@@H](C3)[C@@H]2CO)c(F)c1. The molecule has 1 amide bonds. The first kappa shape index (κ1) is 15.3. The van der Waals surface area contributed by atoms with Crippen molar-refractivity contribution in [3.8, 4) is 0 Å². The maximum Gasteiger partial charge on any atom is 0.254 e. The lowest BCUT2D eigenvalue weighted by Gasteiger charge is -2.30. The van der Waals surface area contributed by atoms with Crippen LogP contribution in [0.3, 0.4) is 0 Å². The number of hydrogen-bond acceptors (Lipinski definition) is 3. The minimum Gasteiger partial charge on any atom is -0.396 e. The molecule has 3 rings (SSSR count). The van der Waals surface area contributed by atoms with E-state index in [4.69, 9.17) is 0 Å². The summed E-state index contributed by atoms with van der Waals surface area (Å²) in [6.45, 7) is 0.0914. The van der Waals surface area contributed by atoms with Crippen molar-refractivity contribution < 1.29 is 14.3 Å². The predicted molar refractivity (Wildman–Crippen MR) is 83.4 cm³/mol. The number of nitrogens with one attached hydrogen (secondary N) is 1. The maximum atomic E-state index is 14.2. The Labute approximate surface area is 130 Å². The van der Waals surface area contributed by atoms with Crippen molar-refractivity contribution in [3.05, 3.63) is 29.6 Å². The Morgan fingerprint density at radius 3 is 2.73 bits per heavy atom. The molecule has 0 spiro atoms. The van der Waals surface area contributed by atoms with Gasteiger partial charge in [-0.1, -0.05) is 0 Å². The van der Waals surface area contributed by atoms with Gasteiger partial charge < -0.3 is 15.3 Å². The molecule has 1 aromatic carbocycles. The number of amides is 1. The number of halogens is 1. The standard InChI is InChI=1S/C17H23FN2O2/c1-20(2)12-5-6-13(15(18)8-12)17(22)19-16-11-4-3-10(7-11)14(16)9-21/h5-6,8,10-11,14,16,21H,3-4,7,9H2,1-2H3,(H,19,22)/t10-,11+,14-,16-/m0/s1. The molecule has 2 bridgehead atoms. The van der Waals surface area contributed by atoms with Gasteiger partial charge in [0.15, 0.2) is 0 Å². The van der Waals surface area contributed by atoms with Gasteiger partial charge in [0.2, 0.25) is 0 Å². The number of carbonyl (C=O) groups is 1. The molecule has 0 heterocycles. The Hall–Kier alpha value is -1.62. The Kier molecular flexibility index (Phi) is 4.08. The third kappa shape index (κ3) is 2.58. The molecule has 120 valence electrons. The first-order chi connectivity index (χ1) is 10.5. The Balaban J connectivity index is 1.75. The summed E-state index contributed by atoms with van der Waals surface area (Å²) >= 11 is 0. The van der Waals surface area contributed by atoms with E-state index in [1.165, 1.54) is 12.1 Å². The van der Waals surface area contributed by atoms with Crippen molar-refractivity contribution in [2.75, 3.05) is 25.6 Å². The molecule has 2 saturated carbocycles. The van der Waals surface area contributed by atoms with Gasteiger partial charge in [-0.25, -0.2) is 4.39 Å². The number of benzene rings is 1. The molecular formula is C17H23FN2O2. The first-order valence-electron chi connectivity index (χ1n) is 7.90. The molecule has 0 saturated heterocycles. The Morgan fingerprint density at radius 2 is 2.09 bits per heavy atom. The second kappa shape index (κ2) is 5.88. The number of carbonyl (C=O) groups excluding carboxylic acids is 1. The number of aliphatic hydroxyl groups is 1. The van der Waals surface area contributed by atoms with Crippen LogP contribution in [-0.4, -0.2) is 37.8 Å². The molecule has 1 aromatic rings. The van der Waals surface area contributed by atoms with Crippen LogP contribution >= 0.6 is 0 Å². The molecule has 0 unspecified atom stereocenters. The number of hydrogen-bond donors (Lipinski definition) is 2. The van der Waals surface area contributed by atoms with Crippen molar-refractivity contribution in [2.45, 2.75) is 25.3 Å². The molecule has 4 atom stereocenters. The summed E-state index contributed by atoms with van der Waals surface area (Å²) in [6.07, 6.45) is 3.29.